The van der Waals surface area contributed by atoms with Crippen molar-refractivity contribution >= 4 is 21.5 Å². The lowest BCUT2D eigenvalue weighted by Crippen LogP contribution is -2.05. The highest BCUT2D eigenvalue weighted by atomic mass is 16.7. The van der Waals surface area contributed by atoms with Crippen LogP contribution in [0.4, 0.5) is 0 Å². The lowest BCUT2D eigenvalue weighted by atomic mass is 9.90. The maximum absolute atomic E-state index is 6.03. The fourth-order valence-corrected chi connectivity index (χ4v) is 3.70. The van der Waals surface area contributed by atoms with E-state index in [0.717, 1.165) is 32.7 Å². The Kier molecular flexibility index (Phi) is 5.85. The summed E-state index contributed by atoms with van der Waals surface area (Å²) in [6, 6.07) is 22.2. The van der Waals surface area contributed by atoms with Crippen LogP contribution in [0.3, 0.4) is 0 Å². The third kappa shape index (κ3) is 3.57. The normalized spacial score (nSPS) is 10.8. The van der Waals surface area contributed by atoms with E-state index in [9.17, 15) is 0 Å². The van der Waals surface area contributed by atoms with Crippen LogP contribution in [-0.4, -0.2) is 27.8 Å². The Morgan fingerprint density at radius 2 is 1.37 bits per heavy atom. The van der Waals surface area contributed by atoms with Crippen molar-refractivity contribution in [2.24, 2.45) is 0 Å². The molecule has 30 heavy (non-hydrogen) atoms. The zero-order valence-corrected chi connectivity index (χ0v) is 17.0. The fraction of sp³-hybridized carbons (Fsp3) is 0.154. The molecule has 0 atom stereocenters. The van der Waals surface area contributed by atoms with Crippen LogP contribution < -0.4 is 9.47 Å². The van der Waals surface area contributed by atoms with Gasteiger partial charge >= 0.3 is 0 Å². The predicted molar refractivity (Wildman–Crippen MR) is 120 cm³/mol. The van der Waals surface area contributed by atoms with Crippen LogP contribution in [-0.2, 0) is 9.47 Å². The van der Waals surface area contributed by atoms with Gasteiger partial charge in [0.05, 0.1) is 5.56 Å². The fourth-order valence-electron chi connectivity index (χ4n) is 3.70. The van der Waals surface area contributed by atoms with Gasteiger partial charge in [-0.25, -0.2) is 0 Å². The molecule has 0 unspecified atom stereocenters. The van der Waals surface area contributed by atoms with Crippen molar-refractivity contribution in [3.8, 4) is 35.0 Å². The highest BCUT2D eigenvalue weighted by Crippen LogP contribution is 2.46. The number of benzene rings is 4. The second-order valence-electron chi connectivity index (χ2n) is 6.76. The Hall–Kier alpha value is -3.52. The van der Waals surface area contributed by atoms with E-state index in [-0.39, 0.29) is 13.6 Å². The summed E-state index contributed by atoms with van der Waals surface area (Å²) in [5.74, 6) is 4.06. The summed E-state index contributed by atoms with van der Waals surface area (Å²) in [5.41, 5.74) is 2.44. The molecule has 4 heteroatoms. The van der Waals surface area contributed by atoms with Crippen molar-refractivity contribution < 1.29 is 18.9 Å². The van der Waals surface area contributed by atoms with E-state index in [1.54, 1.807) is 14.2 Å². The van der Waals surface area contributed by atoms with E-state index in [0.29, 0.717) is 17.1 Å². The Morgan fingerprint density at radius 1 is 0.733 bits per heavy atom. The molecule has 0 saturated carbocycles. The van der Waals surface area contributed by atoms with E-state index in [4.69, 9.17) is 25.4 Å². The van der Waals surface area contributed by atoms with Crippen LogP contribution in [0, 0.1) is 12.3 Å². The summed E-state index contributed by atoms with van der Waals surface area (Å²) >= 11 is 0. The van der Waals surface area contributed by atoms with Gasteiger partial charge in [-0.1, -0.05) is 60.5 Å². The number of terminal acetylenes is 1. The monoisotopic (exact) mass is 398 g/mol. The molecule has 0 N–H and O–H groups in total. The molecule has 0 bridgehead atoms. The number of hydrogen-bond donors (Lipinski definition) is 0. The van der Waals surface area contributed by atoms with Crippen molar-refractivity contribution in [2.45, 2.75) is 0 Å². The predicted octanol–water partition coefficient (Wildman–Crippen LogP) is 5.61. The SMILES string of the molecule is C#Cc1cc2ccccc2c(-c2c(OCOC)ccc3ccccc23)c1OCOC. The molecule has 0 aliphatic heterocycles. The molecule has 4 aromatic rings. The summed E-state index contributed by atoms with van der Waals surface area (Å²) < 4.78 is 22.4. The van der Waals surface area contributed by atoms with Gasteiger partial charge in [-0.3, -0.25) is 0 Å². The lowest BCUT2D eigenvalue weighted by Gasteiger charge is -2.20. The maximum atomic E-state index is 6.03. The van der Waals surface area contributed by atoms with Crippen molar-refractivity contribution in [1.29, 1.82) is 0 Å². The molecule has 0 radical (unpaired) electrons. The first-order chi connectivity index (χ1) is 14.8. The van der Waals surface area contributed by atoms with Crippen LogP contribution >= 0.6 is 0 Å². The molecule has 4 aromatic carbocycles. The molecular formula is C26H22O4. The molecule has 4 rings (SSSR count). The smallest absolute Gasteiger partial charge is 0.188 e. The van der Waals surface area contributed by atoms with E-state index < -0.39 is 0 Å². The van der Waals surface area contributed by atoms with Gasteiger partial charge in [0.2, 0.25) is 0 Å². The van der Waals surface area contributed by atoms with Crippen LogP contribution in [0.15, 0.2) is 66.7 Å². The van der Waals surface area contributed by atoms with Gasteiger partial charge in [-0.05, 0) is 33.7 Å². The Bertz CT molecular complexity index is 1240. The highest BCUT2D eigenvalue weighted by molar-refractivity contribution is 6.10. The molecular weight excluding hydrogens is 376 g/mol. The third-order valence-corrected chi connectivity index (χ3v) is 4.95. The van der Waals surface area contributed by atoms with E-state index in [2.05, 4.69) is 24.1 Å². The summed E-state index contributed by atoms with van der Waals surface area (Å²) in [6.45, 7) is 0.214. The van der Waals surface area contributed by atoms with Crippen LogP contribution in [0.1, 0.15) is 5.56 Å². The zero-order chi connectivity index (χ0) is 20.9. The second kappa shape index (κ2) is 8.87. The van der Waals surface area contributed by atoms with Gasteiger partial charge < -0.3 is 18.9 Å². The highest BCUT2D eigenvalue weighted by Gasteiger charge is 2.21. The minimum absolute atomic E-state index is 0.0824. The summed E-state index contributed by atoms with van der Waals surface area (Å²) in [6.07, 6.45) is 5.87. The van der Waals surface area contributed by atoms with E-state index >= 15 is 0 Å². The second-order valence-corrected chi connectivity index (χ2v) is 6.76. The average Bonchev–Trinajstić information content (AvgIpc) is 2.80. The molecule has 4 nitrogen and oxygen atoms in total. The Labute approximate surface area is 175 Å². The first-order valence-electron chi connectivity index (χ1n) is 9.56. The van der Waals surface area contributed by atoms with Crippen LogP contribution in [0.2, 0.25) is 0 Å². The summed E-state index contributed by atoms with van der Waals surface area (Å²) in [4.78, 5) is 0. The topological polar surface area (TPSA) is 36.9 Å². The van der Waals surface area contributed by atoms with Gasteiger partial charge in [0.15, 0.2) is 13.6 Å². The minimum atomic E-state index is 0.0824. The molecule has 0 saturated heterocycles. The van der Waals surface area contributed by atoms with Crippen molar-refractivity contribution in [1.82, 2.24) is 0 Å². The van der Waals surface area contributed by atoms with Gasteiger partial charge in [-0.15, -0.1) is 6.42 Å². The Morgan fingerprint density at radius 3 is 2.07 bits per heavy atom. The zero-order valence-electron chi connectivity index (χ0n) is 17.0. The van der Waals surface area contributed by atoms with E-state index in [1.807, 2.05) is 48.5 Å². The van der Waals surface area contributed by atoms with Crippen LogP contribution in [0.5, 0.6) is 11.5 Å². The largest absolute Gasteiger partial charge is 0.467 e. The molecule has 150 valence electrons. The maximum Gasteiger partial charge on any atom is 0.188 e. The van der Waals surface area contributed by atoms with Crippen molar-refractivity contribution in [2.75, 3.05) is 27.8 Å². The van der Waals surface area contributed by atoms with Crippen LogP contribution in [0.25, 0.3) is 32.7 Å². The Balaban J connectivity index is 2.15. The average molecular weight is 398 g/mol. The third-order valence-electron chi connectivity index (χ3n) is 4.95. The quantitative estimate of drug-likeness (QED) is 0.300. The summed E-state index contributed by atoms with van der Waals surface area (Å²) in [5, 5.41) is 4.16. The molecule has 0 amide bonds. The molecule has 0 aliphatic carbocycles. The standard InChI is InChI=1S/C26H22O4/c1-4-18-15-20-10-6-8-12-22(20)25(26(18)30-17-28-3)24-21-11-7-5-9-19(21)13-14-23(24)29-16-27-2/h1,5-15H,16-17H2,2-3H3. The minimum Gasteiger partial charge on any atom is -0.467 e. The summed E-state index contributed by atoms with van der Waals surface area (Å²) in [7, 11) is 3.18. The van der Waals surface area contributed by atoms with Crippen molar-refractivity contribution in [3.05, 3.63) is 72.3 Å². The molecule has 0 fully saturated rings. The van der Waals surface area contributed by atoms with Gasteiger partial charge in [0.25, 0.3) is 0 Å². The number of fused-ring (bicyclic) bond motifs is 2. The number of ether oxygens (including phenoxy) is 4. The van der Waals surface area contributed by atoms with Gasteiger partial charge in [0, 0.05) is 25.3 Å². The molecule has 0 aromatic heterocycles. The number of hydrogen-bond acceptors (Lipinski definition) is 4. The molecule has 0 spiro atoms. The molecule has 0 heterocycles. The van der Waals surface area contributed by atoms with Gasteiger partial charge in [-0.2, -0.15) is 0 Å². The van der Waals surface area contributed by atoms with Gasteiger partial charge in [0.1, 0.15) is 11.5 Å². The van der Waals surface area contributed by atoms with Crippen molar-refractivity contribution in [3.63, 3.8) is 0 Å². The number of rotatable bonds is 7. The van der Waals surface area contributed by atoms with E-state index in [1.165, 1.54) is 0 Å². The first kappa shape index (κ1) is 19.8. The lowest BCUT2D eigenvalue weighted by molar-refractivity contribution is 0.0501. The first-order valence-corrected chi connectivity index (χ1v) is 9.56. The number of methoxy groups -OCH3 is 2. The molecule has 0 aliphatic rings.